The van der Waals surface area contributed by atoms with Crippen LogP contribution in [0.5, 0.6) is 0 Å². The van der Waals surface area contributed by atoms with Crippen LogP contribution in [0, 0.1) is 11.3 Å². The quantitative estimate of drug-likeness (QED) is 0.512. The van der Waals surface area contributed by atoms with Gasteiger partial charge in [0.15, 0.2) is 5.65 Å². The third kappa shape index (κ3) is 4.08. The molecule has 162 valence electrons. The molecule has 1 N–H and O–H groups in total. The van der Waals surface area contributed by atoms with Crippen LogP contribution in [0.25, 0.3) is 27.8 Å². The topological polar surface area (TPSA) is 69.8 Å². The molecule has 1 atom stereocenters. The Kier molecular flexibility index (Phi) is 6.48. The van der Waals surface area contributed by atoms with E-state index < -0.39 is 0 Å². The van der Waals surface area contributed by atoms with Crippen molar-refractivity contribution in [3.8, 4) is 22.9 Å². The summed E-state index contributed by atoms with van der Waals surface area (Å²) in [5.41, 5.74) is 4.60. The lowest BCUT2D eigenvalue weighted by atomic mass is 10.1. The van der Waals surface area contributed by atoms with E-state index in [4.69, 9.17) is 4.98 Å². The Hall–Kier alpha value is -3.69. The normalized spacial score (nSPS) is 15.7. The van der Waals surface area contributed by atoms with Crippen LogP contribution in [-0.2, 0) is 0 Å². The number of nitrogens with one attached hydrogen (secondary N) is 1. The summed E-state index contributed by atoms with van der Waals surface area (Å²) in [6.07, 6.45) is 3.75. The van der Waals surface area contributed by atoms with E-state index in [9.17, 15) is 5.26 Å². The van der Waals surface area contributed by atoms with Gasteiger partial charge in [0.2, 0.25) is 0 Å². The Morgan fingerprint density at radius 3 is 2.62 bits per heavy atom. The maximum atomic E-state index is 9.35. The second kappa shape index (κ2) is 9.63. The zero-order valence-corrected chi connectivity index (χ0v) is 18.8. The average Bonchev–Trinajstić information content (AvgIpc) is 3.26. The Labute approximate surface area is 189 Å². The molecule has 1 unspecified atom stereocenters. The highest BCUT2D eigenvalue weighted by Gasteiger charge is 2.23. The highest BCUT2D eigenvalue weighted by atomic mass is 15.3. The molecule has 5 rings (SSSR count). The number of nitriles is 1. The van der Waals surface area contributed by atoms with Gasteiger partial charge >= 0.3 is 0 Å². The van der Waals surface area contributed by atoms with E-state index in [1.54, 1.807) is 6.33 Å². The molecule has 32 heavy (non-hydrogen) atoms. The zero-order chi connectivity index (χ0) is 22.5. The van der Waals surface area contributed by atoms with Crippen LogP contribution in [0.3, 0.4) is 0 Å². The lowest BCUT2D eigenvalue weighted by Crippen LogP contribution is -2.49. The van der Waals surface area contributed by atoms with Crippen molar-refractivity contribution in [2.75, 3.05) is 24.5 Å². The van der Waals surface area contributed by atoms with Crippen LogP contribution in [0.2, 0.25) is 0 Å². The molecular weight excluding hydrogens is 396 g/mol. The van der Waals surface area contributed by atoms with Gasteiger partial charge in [0.05, 0.1) is 17.0 Å². The molecule has 6 nitrogen and oxygen atoms in total. The van der Waals surface area contributed by atoms with Crippen molar-refractivity contribution in [2.24, 2.45) is 0 Å². The third-order valence-electron chi connectivity index (χ3n) is 5.57. The van der Waals surface area contributed by atoms with Gasteiger partial charge < -0.3 is 14.8 Å². The van der Waals surface area contributed by atoms with E-state index in [1.165, 1.54) is 0 Å². The van der Waals surface area contributed by atoms with Crippen molar-refractivity contribution in [3.05, 3.63) is 72.7 Å². The first kappa shape index (κ1) is 21.5. The van der Waals surface area contributed by atoms with Crippen molar-refractivity contribution >= 4 is 16.9 Å². The number of fused-ring (bicyclic) bond motifs is 1. The van der Waals surface area contributed by atoms with Crippen LogP contribution < -0.4 is 10.2 Å². The minimum atomic E-state index is 0.401. The van der Waals surface area contributed by atoms with Crippen molar-refractivity contribution in [3.63, 3.8) is 0 Å². The molecule has 0 bridgehead atoms. The minimum Gasteiger partial charge on any atom is -0.353 e. The Balaban J connectivity index is 0.00000119. The SMILES string of the molecule is CC.CC1CN(c2ncnc3c2c(-c2ccccc2)cn3-c2cccc(C#N)c2)CCN1. The summed E-state index contributed by atoms with van der Waals surface area (Å²) < 4.78 is 2.06. The number of hydrogen-bond acceptors (Lipinski definition) is 5. The Bertz CT molecular complexity index is 1240. The van der Waals surface area contributed by atoms with Crippen molar-refractivity contribution in [1.29, 1.82) is 5.26 Å². The summed E-state index contributed by atoms with van der Waals surface area (Å²) in [6, 6.07) is 20.6. The Morgan fingerprint density at radius 1 is 1.06 bits per heavy atom. The number of rotatable bonds is 3. The van der Waals surface area contributed by atoms with Gasteiger partial charge in [0, 0.05) is 43.1 Å². The number of aromatic nitrogens is 3. The highest BCUT2D eigenvalue weighted by molar-refractivity contribution is 6.02. The van der Waals surface area contributed by atoms with Gasteiger partial charge in [-0.25, -0.2) is 9.97 Å². The number of benzene rings is 2. The predicted octanol–water partition coefficient (Wildman–Crippen LogP) is 4.78. The molecule has 0 aliphatic carbocycles. The predicted molar refractivity (Wildman–Crippen MR) is 130 cm³/mol. The molecule has 0 amide bonds. The number of nitrogens with zero attached hydrogens (tertiary/aromatic N) is 5. The van der Waals surface area contributed by atoms with Crippen LogP contribution >= 0.6 is 0 Å². The molecule has 1 aliphatic heterocycles. The first-order valence-electron chi connectivity index (χ1n) is 11.1. The van der Waals surface area contributed by atoms with Crippen LogP contribution in [-0.4, -0.2) is 40.2 Å². The maximum absolute atomic E-state index is 9.35. The molecule has 2 aromatic heterocycles. The minimum absolute atomic E-state index is 0.401. The van der Waals surface area contributed by atoms with Gasteiger partial charge in [-0.1, -0.05) is 50.2 Å². The monoisotopic (exact) mass is 424 g/mol. The number of anilines is 1. The second-order valence-electron chi connectivity index (χ2n) is 7.64. The standard InChI is InChI=1S/C24H22N6.C2H6/c1-17-14-29(11-10-26-17)23-22-21(19-7-3-2-4-8-19)15-30(24(22)28-16-27-23)20-9-5-6-18(12-20)13-25;1-2/h2-9,12,15-17,26H,10-11,14H2,1H3;1-2H3. The summed E-state index contributed by atoms with van der Waals surface area (Å²) in [6.45, 7) is 8.93. The first-order chi connectivity index (χ1) is 15.7. The van der Waals surface area contributed by atoms with Gasteiger partial charge in [-0.05, 0) is 30.7 Å². The zero-order valence-electron chi connectivity index (χ0n) is 18.8. The molecule has 0 saturated carbocycles. The first-order valence-corrected chi connectivity index (χ1v) is 11.1. The fourth-order valence-corrected chi connectivity index (χ4v) is 4.17. The lowest BCUT2D eigenvalue weighted by Gasteiger charge is -2.33. The second-order valence-corrected chi connectivity index (χ2v) is 7.64. The summed E-state index contributed by atoms with van der Waals surface area (Å²) in [5, 5.41) is 13.9. The van der Waals surface area contributed by atoms with Gasteiger partial charge in [0.1, 0.15) is 12.1 Å². The summed E-state index contributed by atoms with van der Waals surface area (Å²) in [4.78, 5) is 11.7. The molecule has 2 aromatic carbocycles. The van der Waals surface area contributed by atoms with E-state index in [0.717, 1.165) is 53.3 Å². The van der Waals surface area contributed by atoms with E-state index in [1.807, 2.05) is 56.3 Å². The van der Waals surface area contributed by atoms with E-state index in [-0.39, 0.29) is 0 Å². The van der Waals surface area contributed by atoms with Crippen LogP contribution in [0.1, 0.15) is 26.3 Å². The molecule has 0 spiro atoms. The van der Waals surface area contributed by atoms with E-state index in [0.29, 0.717) is 11.6 Å². The number of hydrogen-bond donors (Lipinski definition) is 1. The maximum Gasteiger partial charge on any atom is 0.150 e. The number of piperazine rings is 1. The van der Waals surface area contributed by atoms with Crippen LogP contribution in [0.4, 0.5) is 5.82 Å². The van der Waals surface area contributed by atoms with Gasteiger partial charge in [-0.15, -0.1) is 0 Å². The van der Waals surface area contributed by atoms with Crippen molar-refractivity contribution in [1.82, 2.24) is 19.9 Å². The molecular formula is C26H28N6. The summed E-state index contributed by atoms with van der Waals surface area (Å²) in [7, 11) is 0. The fourth-order valence-electron chi connectivity index (χ4n) is 4.17. The average molecular weight is 425 g/mol. The largest absolute Gasteiger partial charge is 0.353 e. The molecule has 4 aromatic rings. The lowest BCUT2D eigenvalue weighted by molar-refractivity contribution is 0.483. The highest BCUT2D eigenvalue weighted by Crippen LogP contribution is 2.37. The molecule has 1 saturated heterocycles. The van der Waals surface area contributed by atoms with Crippen molar-refractivity contribution in [2.45, 2.75) is 26.8 Å². The van der Waals surface area contributed by atoms with Gasteiger partial charge in [-0.2, -0.15) is 5.26 Å². The van der Waals surface area contributed by atoms with Crippen molar-refractivity contribution < 1.29 is 0 Å². The van der Waals surface area contributed by atoms with E-state index in [2.05, 4.69) is 51.1 Å². The smallest absolute Gasteiger partial charge is 0.150 e. The molecule has 0 radical (unpaired) electrons. The molecule has 1 fully saturated rings. The Morgan fingerprint density at radius 2 is 1.88 bits per heavy atom. The fraction of sp³-hybridized carbons (Fsp3) is 0.269. The van der Waals surface area contributed by atoms with Gasteiger partial charge in [0.25, 0.3) is 0 Å². The molecule has 6 heteroatoms. The van der Waals surface area contributed by atoms with Crippen LogP contribution in [0.15, 0.2) is 67.1 Å². The third-order valence-corrected chi connectivity index (χ3v) is 5.57. The van der Waals surface area contributed by atoms with E-state index >= 15 is 0 Å². The summed E-state index contributed by atoms with van der Waals surface area (Å²) >= 11 is 0. The van der Waals surface area contributed by atoms with Gasteiger partial charge in [-0.3, -0.25) is 0 Å². The molecule has 1 aliphatic rings. The molecule has 3 heterocycles. The summed E-state index contributed by atoms with van der Waals surface area (Å²) in [5.74, 6) is 0.961.